The van der Waals surface area contributed by atoms with Crippen LogP contribution in [0.1, 0.15) is 46.3 Å². The van der Waals surface area contributed by atoms with Crippen LogP contribution in [-0.2, 0) is 19.1 Å². The fourth-order valence-electron chi connectivity index (χ4n) is 3.84. The summed E-state index contributed by atoms with van der Waals surface area (Å²) in [7, 11) is 0. The third kappa shape index (κ3) is 4.56. The van der Waals surface area contributed by atoms with Crippen LogP contribution in [0.5, 0.6) is 5.75 Å². The smallest absolute Gasteiger partial charge is 0.336 e. The van der Waals surface area contributed by atoms with E-state index in [1.165, 1.54) is 0 Å². The summed E-state index contributed by atoms with van der Waals surface area (Å²) in [4.78, 5) is 25.8. The highest BCUT2D eigenvalue weighted by molar-refractivity contribution is 5.99. The van der Waals surface area contributed by atoms with Gasteiger partial charge in [0.2, 0.25) is 0 Å². The molecule has 0 aliphatic carbocycles. The fourth-order valence-corrected chi connectivity index (χ4v) is 3.84. The van der Waals surface area contributed by atoms with Gasteiger partial charge in [0.15, 0.2) is 0 Å². The molecule has 7 heteroatoms. The first-order chi connectivity index (χ1) is 15.4. The molecule has 0 saturated carbocycles. The molecular formula is C25H29NO6. The molecular weight excluding hydrogens is 410 g/mol. The molecule has 2 heterocycles. The van der Waals surface area contributed by atoms with E-state index in [0.717, 1.165) is 5.56 Å². The van der Waals surface area contributed by atoms with Crippen LogP contribution in [0.2, 0.25) is 0 Å². The second kappa shape index (κ2) is 10.2. The second-order valence-electron chi connectivity index (χ2n) is 7.21. The molecule has 0 fully saturated rings. The second-order valence-corrected chi connectivity index (χ2v) is 7.21. The summed E-state index contributed by atoms with van der Waals surface area (Å²) in [5.74, 6) is -0.0749. The number of hydrogen-bond acceptors (Lipinski definition) is 7. The zero-order valence-corrected chi connectivity index (χ0v) is 19.1. The molecule has 0 spiro atoms. The Morgan fingerprint density at radius 3 is 2.03 bits per heavy atom. The average Bonchev–Trinajstić information content (AvgIpc) is 3.24. The van der Waals surface area contributed by atoms with Crippen molar-refractivity contribution in [1.29, 1.82) is 0 Å². The number of benzene rings is 1. The van der Waals surface area contributed by atoms with Gasteiger partial charge in [0.25, 0.3) is 0 Å². The Hall–Kier alpha value is -3.48. The average molecular weight is 440 g/mol. The van der Waals surface area contributed by atoms with Gasteiger partial charge in [-0.05, 0) is 58.9 Å². The molecule has 7 nitrogen and oxygen atoms in total. The standard InChI is InChI=1S/C25H29NO6/c1-6-29-18-12-10-9-11-17(18)19-13-14-20(32-19)23-21(24(27)30-7-2)15(4)26-16(5)22(23)25(28)31-8-3/h9-14,23,26H,6-8H2,1-5H3. The number of carbonyl (C=O) groups is 2. The number of furan rings is 1. The number of ether oxygens (including phenoxy) is 3. The summed E-state index contributed by atoms with van der Waals surface area (Å²) in [5, 5.41) is 3.12. The zero-order valence-electron chi connectivity index (χ0n) is 19.1. The predicted molar refractivity (Wildman–Crippen MR) is 120 cm³/mol. The quantitative estimate of drug-likeness (QED) is 0.596. The Labute approximate surface area is 188 Å². The van der Waals surface area contributed by atoms with Gasteiger partial charge in [-0.3, -0.25) is 0 Å². The number of allylic oxidation sites excluding steroid dienone is 2. The van der Waals surface area contributed by atoms with Crippen molar-refractivity contribution in [3.63, 3.8) is 0 Å². The summed E-state index contributed by atoms with van der Waals surface area (Å²) in [5.41, 5.74) is 2.63. The fraction of sp³-hybridized carbons (Fsp3) is 0.360. The minimum Gasteiger partial charge on any atom is -0.493 e. The van der Waals surface area contributed by atoms with Crippen molar-refractivity contribution in [3.8, 4) is 17.1 Å². The molecule has 0 saturated heterocycles. The van der Waals surface area contributed by atoms with Gasteiger partial charge in [0, 0.05) is 11.4 Å². The van der Waals surface area contributed by atoms with Crippen molar-refractivity contribution in [2.45, 2.75) is 40.5 Å². The zero-order chi connectivity index (χ0) is 23.3. The molecule has 0 unspecified atom stereocenters. The van der Waals surface area contributed by atoms with Crippen molar-refractivity contribution in [1.82, 2.24) is 5.32 Å². The van der Waals surface area contributed by atoms with E-state index in [1.54, 1.807) is 33.8 Å². The van der Waals surface area contributed by atoms with Crippen LogP contribution >= 0.6 is 0 Å². The largest absolute Gasteiger partial charge is 0.493 e. The molecule has 1 aromatic heterocycles. The van der Waals surface area contributed by atoms with E-state index in [4.69, 9.17) is 18.6 Å². The maximum atomic E-state index is 12.9. The maximum Gasteiger partial charge on any atom is 0.336 e. The lowest BCUT2D eigenvalue weighted by Gasteiger charge is -2.29. The molecule has 1 aliphatic rings. The lowest BCUT2D eigenvalue weighted by molar-refractivity contribution is -0.139. The van der Waals surface area contributed by atoms with Crippen LogP contribution in [-0.4, -0.2) is 31.8 Å². The lowest BCUT2D eigenvalue weighted by Crippen LogP contribution is -2.32. The van der Waals surface area contributed by atoms with Crippen molar-refractivity contribution in [2.75, 3.05) is 19.8 Å². The molecule has 0 amide bonds. The molecule has 3 rings (SSSR count). The molecule has 1 aromatic carbocycles. The van der Waals surface area contributed by atoms with E-state index >= 15 is 0 Å². The Balaban J connectivity index is 2.13. The van der Waals surface area contributed by atoms with Gasteiger partial charge in [-0.15, -0.1) is 0 Å². The molecule has 32 heavy (non-hydrogen) atoms. The summed E-state index contributed by atoms with van der Waals surface area (Å²) in [6.45, 7) is 9.89. The van der Waals surface area contributed by atoms with Gasteiger partial charge < -0.3 is 23.9 Å². The van der Waals surface area contributed by atoms with Gasteiger partial charge in [0.05, 0.1) is 42.4 Å². The molecule has 0 atom stereocenters. The normalized spacial score (nSPS) is 14.3. The van der Waals surface area contributed by atoms with Crippen molar-refractivity contribution < 1.29 is 28.2 Å². The summed E-state index contributed by atoms with van der Waals surface area (Å²) in [6.07, 6.45) is 0. The predicted octanol–water partition coefficient (Wildman–Crippen LogP) is 4.71. The van der Waals surface area contributed by atoms with Gasteiger partial charge in [0.1, 0.15) is 17.3 Å². The lowest BCUT2D eigenvalue weighted by atomic mass is 9.83. The molecule has 2 aromatic rings. The molecule has 1 aliphatic heterocycles. The highest BCUT2D eigenvalue weighted by Gasteiger charge is 2.39. The Morgan fingerprint density at radius 1 is 0.875 bits per heavy atom. The first-order valence-corrected chi connectivity index (χ1v) is 10.8. The van der Waals surface area contributed by atoms with Gasteiger partial charge in [-0.25, -0.2) is 9.59 Å². The Morgan fingerprint density at radius 2 is 1.47 bits per heavy atom. The van der Waals surface area contributed by atoms with Gasteiger partial charge >= 0.3 is 11.9 Å². The van der Waals surface area contributed by atoms with E-state index in [-0.39, 0.29) is 13.2 Å². The monoisotopic (exact) mass is 439 g/mol. The Bertz CT molecular complexity index is 1020. The maximum absolute atomic E-state index is 12.9. The SMILES string of the molecule is CCOC(=O)C1=C(C)NC(C)=C(C(=O)OCC)C1c1ccc(-c2ccccc2OCC)o1. The first kappa shape index (κ1) is 23.2. The van der Waals surface area contributed by atoms with E-state index in [9.17, 15) is 9.59 Å². The van der Waals surface area contributed by atoms with Crippen molar-refractivity contribution in [3.05, 3.63) is 64.7 Å². The highest BCUT2D eigenvalue weighted by atomic mass is 16.5. The number of nitrogens with one attached hydrogen (secondary N) is 1. The van der Waals surface area contributed by atoms with Crippen molar-refractivity contribution in [2.24, 2.45) is 0 Å². The molecule has 0 bridgehead atoms. The van der Waals surface area contributed by atoms with E-state index in [2.05, 4.69) is 5.32 Å². The molecule has 170 valence electrons. The highest BCUT2D eigenvalue weighted by Crippen LogP contribution is 2.42. The van der Waals surface area contributed by atoms with Crippen LogP contribution in [0.25, 0.3) is 11.3 Å². The third-order valence-corrected chi connectivity index (χ3v) is 5.11. The van der Waals surface area contributed by atoms with Crippen LogP contribution in [0.15, 0.2) is 63.4 Å². The molecule has 1 N–H and O–H groups in total. The van der Waals surface area contributed by atoms with Crippen molar-refractivity contribution >= 4 is 11.9 Å². The summed E-state index contributed by atoms with van der Waals surface area (Å²) >= 11 is 0. The summed E-state index contributed by atoms with van der Waals surface area (Å²) < 4.78 is 22.5. The van der Waals surface area contributed by atoms with Crippen LogP contribution in [0.4, 0.5) is 0 Å². The Kier molecular flexibility index (Phi) is 7.41. The van der Waals surface area contributed by atoms with Crippen LogP contribution in [0, 0.1) is 0 Å². The number of para-hydroxylation sites is 1. The molecule has 0 radical (unpaired) electrons. The number of hydrogen-bond donors (Lipinski definition) is 1. The van der Waals surface area contributed by atoms with E-state index in [1.807, 2.05) is 37.3 Å². The number of dihydropyridines is 1. The van der Waals surface area contributed by atoms with Crippen LogP contribution < -0.4 is 10.1 Å². The van der Waals surface area contributed by atoms with E-state index < -0.39 is 17.9 Å². The van der Waals surface area contributed by atoms with Gasteiger partial charge in [-0.2, -0.15) is 0 Å². The minimum absolute atomic E-state index is 0.213. The number of rotatable bonds is 8. The summed E-state index contributed by atoms with van der Waals surface area (Å²) in [6, 6.07) is 11.1. The van der Waals surface area contributed by atoms with E-state index in [0.29, 0.717) is 46.4 Å². The topological polar surface area (TPSA) is 87.0 Å². The number of carbonyl (C=O) groups excluding carboxylic acids is 2. The third-order valence-electron chi connectivity index (χ3n) is 5.11. The van der Waals surface area contributed by atoms with Gasteiger partial charge in [-0.1, -0.05) is 12.1 Å². The minimum atomic E-state index is -0.762. The van der Waals surface area contributed by atoms with Crippen LogP contribution in [0.3, 0.4) is 0 Å². The number of esters is 2. The first-order valence-electron chi connectivity index (χ1n) is 10.8.